The van der Waals surface area contributed by atoms with Gasteiger partial charge in [-0.25, -0.2) is 34.7 Å². The van der Waals surface area contributed by atoms with Gasteiger partial charge in [0, 0.05) is 54.8 Å². The Hall–Kier alpha value is -4.43. The Labute approximate surface area is 538 Å². The summed E-state index contributed by atoms with van der Waals surface area (Å²) < 4.78 is 27.1. The van der Waals surface area contributed by atoms with E-state index in [1.807, 2.05) is 45.0 Å². The second kappa shape index (κ2) is 38.0. The molecule has 1 amide bonds. The van der Waals surface area contributed by atoms with Crippen molar-refractivity contribution in [2.24, 2.45) is 11.1 Å². The number of hydrogen-bond donors (Lipinski definition) is 4. The van der Waals surface area contributed by atoms with E-state index in [0.717, 1.165) is 40.3 Å². The molecular weight excluding hydrogens is 1290 g/mol. The monoisotopic (exact) mass is 1360 g/mol. The molecule has 9 rings (SSSR count). The highest BCUT2D eigenvalue weighted by atomic mass is 79.9. The Bertz CT molecular complexity index is 2740. The number of amides is 1. The van der Waals surface area contributed by atoms with E-state index in [1.54, 1.807) is 45.6 Å². The Morgan fingerprint density at radius 1 is 0.738 bits per heavy atom. The first-order valence-corrected chi connectivity index (χ1v) is 31.3. The van der Waals surface area contributed by atoms with Crippen molar-refractivity contribution in [1.82, 2.24) is 40.5 Å². The zero-order valence-corrected chi connectivity index (χ0v) is 55.3. The van der Waals surface area contributed by atoms with Crippen LogP contribution >= 0.6 is 100 Å². The summed E-state index contributed by atoms with van der Waals surface area (Å²) in [6, 6.07) is 16.5. The Kier molecular flexibility index (Phi) is 33.4. The molecule has 6 heterocycles. The molecule has 27 heteroatoms. The van der Waals surface area contributed by atoms with Gasteiger partial charge in [0.1, 0.15) is 53.8 Å². The van der Waals surface area contributed by atoms with Crippen molar-refractivity contribution in [3.8, 4) is 5.75 Å². The molecule has 0 radical (unpaired) electrons. The molecule has 462 valence electrons. The Morgan fingerprint density at radius 2 is 1.26 bits per heavy atom. The quantitative estimate of drug-likeness (QED) is 0.0329. The lowest BCUT2D eigenvalue weighted by molar-refractivity contribution is -0.143. The number of aromatic nitrogens is 6. The zero-order valence-electron chi connectivity index (χ0n) is 48.1. The van der Waals surface area contributed by atoms with Crippen molar-refractivity contribution in [1.29, 1.82) is 0 Å². The van der Waals surface area contributed by atoms with Gasteiger partial charge >= 0.3 is 24.0 Å². The van der Waals surface area contributed by atoms with Crippen LogP contribution in [0.3, 0.4) is 0 Å². The summed E-state index contributed by atoms with van der Waals surface area (Å²) in [4.78, 5) is 72.3. The molecule has 3 aromatic heterocycles. The van der Waals surface area contributed by atoms with Crippen molar-refractivity contribution in [2.75, 3.05) is 68.2 Å². The molecule has 0 saturated carbocycles. The minimum Gasteiger partial charge on any atom is -0.484 e. The number of halogens is 5. The molecule has 19 nitrogen and oxygen atoms in total. The van der Waals surface area contributed by atoms with E-state index in [-0.39, 0.29) is 54.8 Å². The number of carbonyl (C=O) groups excluding carboxylic acids is 4. The topological polar surface area (TPSA) is 245 Å². The number of ether oxygens (including phenoxy) is 5. The average Bonchev–Trinajstić information content (AvgIpc) is 2.81. The fourth-order valence-electron chi connectivity index (χ4n) is 9.23. The van der Waals surface area contributed by atoms with Crippen LogP contribution in [0, 0.1) is 5.41 Å². The number of anilines is 1. The number of piperidine rings is 2. The number of nitrogens with zero attached hydrogens (tertiary/aromatic N) is 7. The SMILES string of the molecule is CCOC(=O)CCS.CCOC(=O)CCSc1cnc(Cl)cn1.CCOC(=O)CCSc1cnc(N2CCC3(CC2)Oc2ccccc2[C@H]3NC(=O)OC(C)(C)C)cn1.Cl.Cl.Clc1cnc(Br)cn1.N[C@@H]1c2ccccc2CC12CCNCC2. The lowest BCUT2D eigenvalue weighted by Gasteiger charge is -2.42. The maximum atomic E-state index is 12.7. The van der Waals surface area contributed by atoms with Crippen molar-refractivity contribution in [2.45, 2.75) is 126 Å². The third kappa shape index (κ3) is 24.4. The van der Waals surface area contributed by atoms with Gasteiger partial charge in [0.25, 0.3) is 0 Å². The van der Waals surface area contributed by atoms with E-state index < -0.39 is 17.3 Å². The first kappa shape index (κ1) is 73.8. The van der Waals surface area contributed by atoms with E-state index in [2.05, 4.69) is 103 Å². The van der Waals surface area contributed by atoms with Crippen LogP contribution in [0.4, 0.5) is 10.6 Å². The standard InChI is InChI=1S/C26H34N4O5S.C13H18N2.C9H11ClN2O2S.C5H10O2S.C4H2BrClN2.2ClH/c1-5-33-22(31)10-15-36-21-17-27-20(16-28-21)30-13-11-26(12-14-30)23(29-24(32)35-25(2,3)4)18-8-6-7-9-19(18)34-26;14-12-11-4-2-1-3-10(11)9-13(12)5-7-15-8-6-13;1-2-14-9(13)3-4-15-8-6-11-7(10)5-12-8;1-2-7-5(6)3-4-8;5-3-1-8-4(6)2-7-3;;/h6-9,16-17,23H,5,10-15H2,1-4H3,(H,29,32);1-4,12,15H,5-9,14H2;5-6H,2-4H2,1H3;8H,2-4H2,1H3;1-2H;2*1H/t23-;12-;;;;;/m11...../s1. The minimum atomic E-state index is -0.582. The van der Waals surface area contributed by atoms with Gasteiger partial charge in [-0.05, 0) is 112 Å². The number of benzene rings is 2. The number of para-hydroxylation sites is 1. The second-order valence-electron chi connectivity index (χ2n) is 19.9. The predicted molar refractivity (Wildman–Crippen MR) is 342 cm³/mol. The highest BCUT2D eigenvalue weighted by Crippen LogP contribution is 2.50. The number of alkyl carbamates (subject to hydrolysis) is 1. The molecule has 4 N–H and O–H groups in total. The van der Waals surface area contributed by atoms with Crippen LogP contribution < -0.4 is 26.0 Å². The summed E-state index contributed by atoms with van der Waals surface area (Å²) >= 11 is 20.9. The van der Waals surface area contributed by atoms with Crippen LogP contribution in [0.5, 0.6) is 5.75 Å². The molecular formula is C57H77BrCl4N10O9S3. The van der Waals surface area contributed by atoms with E-state index in [1.165, 1.54) is 66.3 Å². The molecule has 4 aliphatic rings. The second-order valence-corrected chi connectivity index (χ2v) is 24.1. The summed E-state index contributed by atoms with van der Waals surface area (Å²) in [7, 11) is 0. The molecule has 1 aliphatic carbocycles. The van der Waals surface area contributed by atoms with Gasteiger partial charge < -0.3 is 45.0 Å². The van der Waals surface area contributed by atoms with Crippen LogP contribution in [0.15, 0.2) is 100 Å². The highest BCUT2D eigenvalue weighted by Gasteiger charge is 2.51. The fraction of sp³-hybridized carbons (Fsp3) is 0.509. The van der Waals surface area contributed by atoms with E-state index in [9.17, 15) is 19.2 Å². The molecule has 2 spiro atoms. The zero-order chi connectivity index (χ0) is 59.5. The number of thiol groups is 1. The summed E-state index contributed by atoms with van der Waals surface area (Å²) in [6.45, 7) is 15.9. The van der Waals surface area contributed by atoms with Gasteiger partial charge in [-0.3, -0.25) is 14.4 Å². The van der Waals surface area contributed by atoms with Crippen LogP contribution in [0.1, 0.15) is 115 Å². The molecule has 2 atom stereocenters. The van der Waals surface area contributed by atoms with Crippen molar-refractivity contribution in [3.05, 3.63) is 117 Å². The van der Waals surface area contributed by atoms with Crippen LogP contribution in [0.2, 0.25) is 10.3 Å². The summed E-state index contributed by atoms with van der Waals surface area (Å²) in [5.41, 5.74) is 9.49. The molecule has 5 aromatic rings. The first-order chi connectivity index (χ1) is 39.3. The van der Waals surface area contributed by atoms with Gasteiger partial charge in [0.2, 0.25) is 0 Å². The number of nitrogens with one attached hydrogen (secondary N) is 2. The van der Waals surface area contributed by atoms with E-state index in [0.29, 0.717) is 103 Å². The Balaban J connectivity index is 0.000000317. The summed E-state index contributed by atoms with van der Waals surface area (Å²) in [5.74, 6) is 2.85. The number of fused-ring (bicyclic) bond motifs is 2. The lowest BCUT2D eigenvalue weighted by Crippen LogP contribution is -2.54. The van der Waals surface area contributed by atoms with Crippen LogP contribution in [-0.4, -0.2) is 128 Å². The molecule has 2 saturated heterocycles. The molecule has 2 aromatic carbocycles. The van der Waals surface area contributed by atoms with Gasteiger partial charge in [-0.2, -0.15) is 12.6 Å². The largest absolute Gasteiger partial charge is 0.484 e. The number of thioether (sulfide) groups is 2. The fourth-order valence-corrected chi connectivity index (χ4v) is 11.3. The molecule has 2 fully saturated rings. The maximum Gasteiger partial charge on any atom is 0.408 e. The van der Waals surface area contributed by atoms with Crippen LogP contribution in [-0.2, 0) is 39.8 Å². The molecule has 84 heavy (non-hydrogen) atoms. The van der Waals surface area contributed by atoms with Gasteiger partial charge in [-0.15, -0.1) is 48.3 Å². The number of esters is 3. The van der Waals surface area contributed by atoms with Crippen molar-refractivity contribution < 1.29 is 42.9 Å². The summed E-state index contributed by atoms with van der Waals surface area (Å²) in [5, 5.41) is 8.81. The summed E-state index contributed by atoms with van der Waals surface area (Å²) in [6.07, 6.45) is 15.3. The van der Waals surface area contributed by atoms with Crippen LogP contribution in [0.25, 0.3) is 0 Å². The van der Waals surface area contributed by atoms with Gasteiger partial charge in [0.15, 0.2) is 0 Å². The number of rotatable bonds is 15. The van der Waals surface area contributed by atoms with E-state index >= 15 is 0 Å². The van der Waals surface area contributed by atoms with E-state index in [4.69, 9.17) is 47.9 Å². The van der Waals surface area contributed by atoms with Crippen molar-refractivity contribution in [3.63, 3.8) is 0 Å². The lowest BCUT2D eigenvalue weighted by atomic mass is 9.73. The predicted octanol–water partition coefficient (Wildman–Crippen LogP) is 11.9. The van der Waals surface area contributed by atoms with Gasteiger partial charge in [0.05, 0.1) is 76.3 Å². The maximum absolute atomic E-state index is 12.7. The average molecular weight is 1360 g/mol. The van der Waals surface area contributed by atoms with Gasteiger partial charge in [-0.1, -0.05) is 65.7 Å². The number of hydrogen-bond acceptors (Lipinski definition) is 21. The normalized spacial score (nSPS) is 16.3. The highest BCUT2D eigenvalue weighted by molar-refractivity contribution is 9.10. The number of nitrogens with two attached hydrogens (primary N) is 1. The first-order valence-electron chi connectivity index (χ1n) is 27.2. The smallest absolute Gasteiger partial charge is 0.408 e. The Morgan fingerprint density at radius 3 is 1.75 bits per heavy atom. The molecule has 3 aliphatic heterocycles. The molecule has 0 unspecified atom stereocenters. The third-order valence-electron chi connectivity index (χ3n) is 13.0. The van der Waals surface area contributed by atoms with Crippen molar-refractivity contribution >= 4 is 130 Å². The number of carbonyl (C=O) groups is 4. The third-order valence-corrected chi connectivity index (χ3v) is 15.9. The molecule has 0 bridgehead atoms. The minimum absolute atomic E-state index is 0.